The minimum atomic E-state index is -0.250. The molecule has 0 fully saturated rings. The lowest BCUT2D eigenvalue weighted by molar-refractivity contribution is 0.393. The van der Waals surface area contributed by atoms with Gasteiger partial charge >= 0.3 is 0 Å². The number of aryl methyl sites for hydroxylation is 1. The molecule has 1 unspecified atom stereocenters. The SMILES string of the molecule is COc1cccc(F)c1C(C)NCc1cnc(C)s1. The first kappa shape index (κ1) is 14.0. The van der Waals surface area contributed by atoms with Crippen LogP contribution in [0, 0.1) is 12.7 Å². The van der Waals surface area contributed by atoms with Gasteiger partial charge in [-0.05, 0) is 26.0 Å². The van der Waals surface area contributed by atoms with Gasteiger partial charge in [-0.15, -0.1) is 11.3 Å². The zero-order valence-electron chi connectivity index (χ0n) is 11.2. The van der Waals surface area contributed by atoms with E-state index in [0.717, 1.165) is 9.88 Å². The molecular formula is C14H17FN2OS. The smallest absolute Gasteiger partial charge is 0.131 e. The van der Waals surface area contributed by atoms with Crippen molar-refractivity contribution in [3.8, 4) is 5.75 Å². The summed E-state index contributed by atoms with van der Waals surface area (Å²) < 4.78 is 19.1. The molecule has 2 aromatic rings. The van der Waals surface area contributed by atoms with E-state index in [-0.39, 0.29) is 11.9 Å². The van der Waals surface area contributed by atoms with Crippen LogP contribution in [0.1, 0.15) is 28.4 Å². The van der Waals surface area contributed by atoms with Gasteiger partial charge in [-0.1, -0.05) is 6.07 Å². The van der Waals surface area contributed by atoms with Crippen LogP contribution in [-0.4, -0.2) is 12.1 Å². The second-order valence-corrected chi connectivity index (χ2v) is 5.62. The normalized spacial score (nSPS) is 12.4. The van der Waals surface area contributed by atoms with Crippen molar-refractivity contribution in [1.29, 1.82) is 0 Å². The van der Waals surface area contributed by atoms with Crippen molar-refractivity contribution < 1.29 is 9.13 Å². The maximum absolute atomic E-state index is 13.9. The maximum Gasteiger partial charge on any atom is 0.131 e. The minimum Gasteiger partial charge on any atom is -0.496 e. The Kier molecular flexibility index (Phi) is 4.50. The molecule has 1 N–H and O–H groups in total. The van der Waals surface area contributed by atoms with Crippen molar-refractivity contribution in [2.45, 2.75) is 26.4 Å². The van der Waals surface area contributed by atoms with E-state index < -0.39 is 0 Å². The monoisotopic (exact) mass is 280 g/mol. The van der Waals surface area contributed by atoms with E-state index in [2.05, 4.69) is 10.3 Å². The van der Waals surface area contributed by atoms with Gasteiger partial charge in [-0.25, -0.2) is 9.37 Å². The molecule has 0 spiro atoms. The molecule has 0 saturated carbocycles. The van der Waals surface area contributed by atoms with E-state index in [1.165, 1.54) is 6.07 Å². The van der Waals surface area contributed by atoms with E-state index in [1.54, 1.807) is 30.6 Å². The van der Waals surface area contributed by atoms with Gasteiger partial charge in [0.1, 0.15) is 11.6 Å². The Labute approximate surface area is 116 Å². The van der Waals surface area contributed by atoms with Crippen molar-refractivity contribution in [3.63, 3.8) is 0 Å². The van der Waals surface area contributed by atoms with Crippen molar-refractivity contribution in [2.24, 2.45) is 0 Å². The number of methoxy groups -OCH3 is 1. The summed E-state index contributed by atoms with van der Waals surface area (Å²) in [6.07, 6.45) is 1.85. The lowest BCUT2D eigenvalue weighted by atomic mass is 10.1. The zero-order valence-corrected chi connectivity index (χ0v) is 12.1. The van der Waals surface area contributed by atoms with Crippen LogP contribution in [0.15, 0.2) is 24.4 Å². The molecule has 0 saturated heterocycles. The van der Waals surface area contributed by atoms with Crippen LogP contribution in [0.25, 0.3) is 0 Å². The third kappa shape index (κ3) is 3.30. The van der Waals surface area contributed by atoms with Gasteiger partial charge < -0.3 is 10.1 Å². The standard InChI is InChI=1S/C14H17FN2OS/c1-9(16-7-11-8-17-10(2)19-11)14-12(15)5-4-6-13(14)18-3/h4-6,8-9,16H,7H2,1-3H3. The molecule has 102 valence electrons. The first-order valence-corrected chi connectivity index (χ1v) is 6.90. The average Bonchev–Trinajstić information content (AvgIpc) is 2.81. The largest absolute Gasteiger partial charge is 0.496 e. The number of thiazole rings is 1. The van der Waals surface area contributed by atoms with Crippen LogP contribution in [0.2, 0.25) is 0 Å². The average molecular weight is 280 g/mol. The number of hydrogen-bond acceptors (Lipinski definition) is 4. The number of ether oxygens (including phenoxy) is 1. The first-order valence-electron chi connectivity index (χ1n) is 6.09. The van der Waals surface area contributed by atoms with E-state index in [0.29, 0.717) is 17.9 Å². The summed E-state index contributed by atoms with van der Waals surface area (Å²) in [5, 5.41) is 4.33. The van der Waals surface area contributed by atoms with Crippen molar-refractivity contribution >= 4 is 11.3 Å². The fourth-order valence-electron chi connectivity index (χ4n) is 1.96. The molecule has 0 aliphatic heterocycles. The second kappa shape index (κ2) is 6.12. The van der Waals surface area contributed by atoms with Crippen LogP contribution < -0.4 is 10.1 Å². The number of benzene rings is 1. The van der Waals surface area contributed by atoms with Gasteiger partial charge in [0.25, 0.3) is 0 Å². The maximum atomic E-state index is 13.9. The number of rotatable bonds is 5. The molecule has 1 aromatic heterocycles. The third-order valence-electron chi connectivity index (χ3n) is 2.92. The topological polar surface area (TPSA) is 34.1 Å². The molecule has 19 heavy (non-hydrogen) atoms. The van der Waals surface area contributed by atoms with Crippen molar-refractivity contribution in [2.75, 3.05) is 7.11 Å². The van der Waals surface area contributed by atoms with Crippen LogP contribution in [-0.2, 0) is 6.54 Å². The number of nitrogens with one attached hydrogen (secondary N) is 1. The number of nitrogens with zero attached hydrogens (tertiary/aromatic N) is 1. The zero-order chi connectivity index (χ0) is 13.8. The fourth-order valence-corrected chi connectivity index (χ4v) is 2.70. The van der Waals surface area contributed by atoms with E-state index in [4.69, 9.17) is 4.74 Å². The summed E-state index contributed by atoms with van der Waals surface area (Å²) in [7, 11) is 1.55. The Morgan fingerprint density at radius 2 is 2.26 bits per heavy atom. The molecule has 0 aliphatic carbocycles. The Hall–Kier alpha value is -1.46. The molecule has 5 heteroatoms. The van der Waals surface area contributed by atoms with Crippen LogP contribution in [0.3, 0.4) is 0 Å². The molecule has 0 amide bonds. The highest BCUT2D eigenvalue weighted by Gasteiger charge is 2.16. The molecular weight excluding hydrogens is 263 g/mol. The summed E-state index contributed by atoms with van der Waals surface area (Å²) in [5.41, 5.74) is 0.561. The van der Waals surface area contributed by atoms with Crippen LogP contribution in [0.4, 0.5) is 4.39 Å². The number of halogens is 1. The van der Waals surface area contributed by atoms with Crippen molar-refractivity contribution in [3.05, 3.63) is 45.7 Å². The predicted octanol–water partition coefficient (Wildman–Crippen LogP) is 3.45. The molecule has 2 rings (SSSR count). The Balaban J connectivity index is 2.09. The molecule has 1 atom stereocenters. The first-order chi connectivity index (χ1) is 9.11. The molecule has 1 heterocycles. The Morgan fingerprint density at radius 1 is 1.47 bits per heavy atom. The Bertz CT molecular complexity index is 556. The highest BCUT2D eigenvalue weighted by Crippen LogP contribution is 2.28. The van der Waals surface area contributed by atoms with Crippen LogP contribution >= 0.6 is 11.3 Å². The summed E-state index contributed by atoms with van der Waals surface area (Å²) in [6.45, 7) is 4.57. The lowest BCUT2D eigenvalue weighted by Crippen LogP contribution is -2.19. The predicted molar refractivity (Wildman–Crippen MR) is 75.1 cm³/mol. The lowest BCUT2D eigenvalue weighted by Gasteiger charge is -2.17. The van der Waals surface area contributed by atoms with Gasteiger partial charge in [0, 0.05) is 29.2 Å². The summed E-state index contributed by atoms with van der Waals surface area (Å²) in [4.78, 5) is 5.34. The van der Waals surface area contributed by atoms with Gasteiger partial charge in [0.15, 0.2) is 0 Å². The molecule has 0 radical (unpaired) electrons. The molecule has 0 aliphatic rings. The highest BCUT2D eigenvalue weighted by atomic mass is 32.1. The highest BCUT2D eigenvalue weighted by molar-refractivity contribution is 7.11. The van der Waals surface area contributed by atoms with Crippen LogP contribution in [0.5, 0.6) is 5.75 Å². The fraction of sp³-hybridized carbons (Fsp3) is 0.357. The summed E-state index contributed by atoms with van der Waals surface area (Å²) in [5.74, 6) is 0.320. The second-order valence-electron chi connectivity index (χ2n) is 4.30. The molecule has 1 aromatic carbocycles. The van der Waals surface area contributed by atoms with Gasteiger partial charge in [-0.3, -0.25) is 0 Å². The van der Waals surface area contributed by atoms with Gasteiger partial charge in [0.2, 0.25) is 0 Å². The van der Waals surface area contributed by atoms with Gasteiger partial charge in [-0.2, -0.15) is 0 Å². The molecule has 0 bridgehead atoms. The Morgan fingerprint density at radius 3 is 2.89 bits per heavy atom. The number of hydrogen-bond donors (Lipinski definition) is 1. The van der Waals surface area contributed by atoms with E-state index >= 15 is 0 Å². The minimum absolute atomic E-state index is 0.126. The number of aromatic nitrogens is 1. The van der Waals surface area contributed by atoms with Crippen molar-refractivity contribution in [1.82, 2.24) is 10.3 Å². The van der Waals surface area contributed by atoms with Gasteiger partial charge in [0.05, 0.1) is 12.1 Å². The quantitative estimate of drug-likeness (QED) is 0.911. The van der Waals surface area contributed by atoms with E-state index in [1.807, 2.05) is 20.0 Å². The summed E-state index contributed by atoms with van der Waals surface area (Å²) >= 11 is 1.64. The summed E-state index contributed by atoms with van der Waals surface area (Å²) in [6, 6.07) is 4.75. The van der Waals surface area contributed by atoms with E-state index in [9.17, 15) is 4.39 Å². The molecule has 3 nitrogen and oxygen atoms in total. The third-order valence-corrected chi connectivity index (χ3v) is 3.83.